The summed E-state index contributed by atoms with van der Waals surface area (Å²) < 4.78 is 70.5. The van der Waals surface area contributed by atoms with Crippen molar-refractivity contribution >= 4 is 50.5 Å². The molecule has 0 bridgehead atoms. The minimum atomic E-state index is -5.22. The van der Waals surface area contributed by atoms with Gasteiger partial charge >= 0.3 is 17.9 Å². The molecule has 4 aromatic rings. The van der Waals surface area contributed by atoms with Gasteiger partial charge in [-0.05, 0) is 58.4 Å². The molecule has 1 atom stereocenters. The number of alkyl halides is 3. The lowest BCUT2D eigenvalue weighted by Gasteiger charge is -2.27. The molecular weight excluding hydrogens is 591 g/mol. The number of aliphatic hydroxyl groups is 1. The van der Waals surface area contributed by atoms with Crippen LogP contribution in [0.4, 0.5) is 38.1 Å². The van der Waals surface area contributed by atoms with E-state index < -0.39 is 47.2 Å². The van der Waals surface area contributed by atoms with Gasteiger partial charge in [0.2, 0.25) is 5.60 Å². The van der Waals surface area contributed by atoms with E-state index in [9.17, 15) is 36.6 Å². The van der Waals surface area contributed by atoms with Gasteiger partial charge in [0, 0.05) is 21.8 Å². The highest BCUT2D eigenvalue weighted by Gasteiger charge is 2.61. The number of amides is 2. The summed E-state index contributed by atoms with van der Waals surface area (Å²) in [5.74, 6) is -1.68. The molecule has 37 heavy (non-hydrogen) atoms. The summed E-state index contributed by atoms with van der Waals surface area (Å²) in [5.41, 5.74) is -5.25. The van der Waals surface area contributed by atoms with Gasteiger partial charge in [0.15, 0.2) is 0 Å². The van der Waals surface area contributed by atoms with E-state index >= 15 is 0 Å². The Labute approximate surface area is 217 Å². The number of hydrogen-bond donors (Lipinski definition) is 3. The number of carbonyl (C=O) groups excluding carboxylic acids is 1. The molecule has 0 aliphatic carbocycles. The molecule has 0 unspecified atom stereocenters. The number of nitrogens with zero attached hydrogens (tertiary/aromatic N) is 2. The van der Waals surface area contributed by atoms with E-state index in [1.165, 1.54) is 18.3 Å². The molecule has 1 aliphatic heterocycles. The summed E-state index contributed by atoms with van der Waals surface area (Å²) in [6.45, 7) is -1.24. The number of anilines is 2. The summed E-state index contributed by atoms with van der Waals surface area (Å²) in [7, 11) is 0. The first kappa shape index (κ1) is 25.2. The van der Waals surface area contributed by atoms with Gasteiger partial charge in [0.1, 0.15) is 11.6 Å². The van der Waals surface area contributed by atoms with Crippen LogP contribution in [0.3, 0.4) is 0 Å². The van der Waals surface area contributed by atoms with Crippen molar-refractivity contribution in [1.82, 2.24) is 9.38 Å². The second kappa shape index (κ2) is 8.57. The highest BCUT2D eigenvalue weighted by atomic mass is 79.9. The number of aromatic nitrogens is 2. The second-order valence-electron chi connectivity index (χ2n) is 8.26. The van der Waals surface area contributed by atoms with E-state index in [0.29, 0.717) is 15.4 Å². The summed E-state index contributed by atoms with van der Waals surface area (Å²) in [5, 5.41) is 13.0. The Hall–Kier alpha value is -3.42. The lowest BCUT2D eigenvalue weighted by Crippen LogP contribution is -2.48. The van der Waals surface area contributed by atoms with Gasteiger partial charge in [-0.2, -0.15) is 13.2 Å². The summed E-state index contributed by atoms with van der Waals surface area (Å²) >= 11 is 9.41. The Bertz CT molecular complexity index is 1650. The molecule has 0 saturated carbocycles. The average Bonchev–Trinajstić information content (AvgIpc) is 3.30. The lowest BCUT2D eigenvalue weighted by atomic mass is 9.95. The molecule has 3 heterocycles. The SMILES string of the molecule is O=C(Nc1cc(Br)cn2c(=O)[nH]c(-c3cc(F)ccc3Cl)c12)N1C[C@](O)(C(F)(F)F)c2cc(F)ccc21. The Morgan fingerprint density at radius 2 is 1.81 bits per heavy atom. The highest BCUT2D eigenvalue weighted by Crippen LogP contribution is 2.49. The number of nitrogens with one attached hydrogen (secondary N) is 2. The van der Waals surface area contributed by atoms with Gasteiger partial charge < -0.3 is 15.4 Å². The highest BCUT2D eigenvalue weighted by molar-refractivity contribution is 9.10. The quantitative estimate of drug-likeness (QED) is 0.254. The van der Waals surface area contributed by atoms with Gasteiger partial charge in [0.05, 0.1) is 34.2 Å². The number of pyridine rings is 1. The van der Waals surface area contributed by atoms with E-state index in [1.807, 2.05) is 0 Å². The number of urea groups is 1. The topological polar surface area (TPSA) is 89.8 Å². The van der Waals surface area contributed by atoms with Crippen LogP contribution in [0, 0.1) is 11.6 Å². The number of H-pyrrole nitrogens is 1. The number of fused-ring (bicyclic) bond motifs is 2. The van der Waals surface area contributed by atoms with E-state index in [-0.39, 0.29) is 33.2 Å². The Morgan fingerprint density at radius 3 is 2.51 bits per heavy atom. The molecule has 7 nitrogen and oxygen atoms in total. The van der Waals surface area contributed by atoms with Crippen LogP contribution in [0.5, 0.6) is 0 Å². The monoisotopic (exact) mass is 602 g/mol. The number of β-amino-alcohol motifs (C(OH)–C–C–N with tert-alkyl or cyclic N) is 1. The average molecular weight is 604 g/mol. The number of carbonyl (C=O) groups is 1. The van der Waals surface area contributed by atoms with Crippen molar-refractivity contribution in [1.29, 1.82) is 0 Å². The molecule has 0 fully saturated rings. The van der Waals surface area contributed by atoms with Crippen molar-refractivity contribution in [2.24, 2.45) is 0 Å². The summed E-state index contributed by atoms with van der Waals surface area (Å²) in [6.07, 6.45) is -3.86. The smallest absolute Gasteiger partial charge is 0.375 e. The zero-order valence-electron chi connectivity index (χ0n) is 18.1. The van der Waals surface area contributed by atoms with E-state index in [4.69, 9.17) is 11.6 Å². The maximum atomic E-state index is 14.0. The minimum absolute atomic E-state index is 0.0352. The van der Waals surface area contributed by atoms with Gasteiger partial charge in [-0.3, -0.25) is 9.30 Å². The molecule has 2 amide bonds. The third-order valence-electron chi connectivity index (χ3n) is 5.95. The van der Waals surface area contributed by atoms with Crippen molar-refractivity contribution < 1.29 is 31.9 Å². The van der Waals surface area contributed by atoms with Crippen LogP contribution in [0.2, 0.25) is 5.02 Å². The molecule has 2 aromatic heterocycles. The van der Waals surface area contributed by atoms with E-state index in [2.05, 4.69) is 26.2 Å². The number of aromatic amines is 1. The van der Waals surface area contributed by atoms with Crippen LogP contribution < -0.4 is 15.9 Å². The third kappa shape index (κ3) is 4.06. The first-order valence-corrected chi connectivity index (χ1v) is 11.5. The molecule has 2 aromatic carbocycles. The maximum absolute atomic E-state index is 14.0. The van der Waals surface area contributed by atoms with E-state index in [0.717, 1.165) is 28.7 Å². The first-order chi connectivity index (χ1) is 17.3. The van der Waals surface area contributed by atoms with Crippen LogP contribution in [0.1, 0.15) is 5.56 Å². The predicted molar refractivity (Wildman–Crippen MR) is 129 cm³/mol. The van der Waals surface area contributed by atoms with Gasteiger partial charge in [-0.1, -0.05) is 11.6 Å². The summed E-state index contributed by atoms with van der Waals surface area (Å²) in [6, 6.07) is 6.02. The fraction of sp³-hybridized carbons (Fsp3) is 0.130. The zero-order chi connectivity index (χ0) is 26.9. The van der Waals surface area contributed by atoms with Crippen LogP contribution in [0.25, 0.3) is 16.8 Å². The normalized spacial score (nSPS) is 17.4. The standard InChI is InChI=1S/C23H13BrClF5N4O3/c24-10-5-16(19-18(32-21(36)33(19)8-10)13-6-11(26)1-3-15(13)25)31-20(35)34-9-22(37,23(28,29)30)14-7-12(27)2-4-17(14)34/h1-8,37H,9H2,(H,31,35)(H,32,36)/t22-/m1/s1. The first-order valence-electron chi connectivity index (χ1n) is 10.4. The van der Waals surface area contributed by atoms with Crippen LogP contribution in [-0.4, -0.2) is 33.2 Å². The predicted octanol–water partition coefficient (Wildman–Crippen LogP) is 5.79. The van der Waals surface area contributed by atoms with Gasteiger partial charge in [-0.15, -0.1) is 0 Å². The van der Waals surface area contributed by atoms with Crippen molar-refractivity contribution in [3.05, 3.63) is 85.8 Å². The lowest BCUT2D eigenvalue weighted by molar-refractivity contribution is -0.258. The Balaban J connectivity index is 1.63. The van der Waals surface area contributed by atoms with Crippen LogP contribution in [0.15, 0.2) is 57.9 Å². The van der Waals surface area contributed by atoms with Crippen molar-refractivity contribution in [2.45, 2.75) is 11.8 Å². The number of benzene rings is 2. The van der Waals surface area contributed by atoms with Crippen molar-refractivity contribution in [3.8, 4) is 11.3 Å². The Morgan fingerprint density at radius 1 is 1.14 bits per heavy atom. The van der Waals surface area contributed by atoms with Crippen molar-refractivity contribution in [3.63, 3.8) is 0 Å². The molecule has 5 rings (SSSR count). The second-order valence-corrected chi connectivity index (χ2v) is 9.58. The number of halogens is 7. The van der Waals surface area contributed by atoms with Gasteiger partial charge in [0.25, 0.3) is 0 Å². The zero-order valence-corrected chi connectivity index (χ0v) is 20.5. The molecule has 14 heteroatoms. The molecule has 0 spiro atoms. The van der Waals surface area contributed by atoms with Crippen LogP contribution in [-0.2, 0) is 5.60 Å². The van der Waals surface area contributed by atoms with Gasteiger partial charge in [-0.25, -0.2) is 18.4 Å². The fourth-order valence-electron chi connectivity index (χ4n) is 4.26. The van der Waals surface area contributed by atoms with E-state index in [1.54, 1.807) is 0 Å². The number of rotatable bonds is 2. The third-order valence-corrected chi connectivity index (χ3v) is 6.72. The molecule has 1 aliphatic rings. The molecule has 192 valence electrons. The minimum Gasteiger partial charge on any atom is -0.375 e. The summed E-state index contributed by atoms with van der Waals surface area (Å²) in [4.78, 5) is 29.0. The van der Waals surface area contributed by atoms with Crippen molar-refractivity contribution in [2.75, 3.05) is 16.8 Å². The largest absolute Gasteiger partial charge is 0.423 e. The molecular formula is C23H13BrClF5N4O3. The molecule has 0 saturated heterocycles. The number of imidazole rings is 1. The molecule has 0 radical (unpaired) electrons. The van der Waals surface area contributed by atoms with Crippen LogP contribution >= 0.6 is 27.5 Å². The maximum Gasteiger partial charge on any atom is 0.423 e. The Kier molecular flexibility index (Phi) is 5.84. The fourth-order valence-corrected chi connectivity index (χ4v) is 4.91. The number of hydrogen-bond acceptors (Lipinski definition) is 3. The molecule has 3 N–H and O–H groups in total.